The summed E-state index contributed by atoms with van der Waals surface area (Å²) in [7, 11) is 0. The molecule has 1 aliphatic heterocycles. The molecule has 138 valence electrons. The number of carbonyl (C=O) groups excluding carboxylic acids is 3. The highest BCUT2D eigenvalue weighted by atomic mass is 16.7. The van der Waals surface area contributed by atoms with Crippen LogP contribution in [-0.4, -0.2) is 32.6 Å². The van der Waals surface area contributed by atoms with E-state index in [1.54, 1.807) is 18.2 Å². The Balaban J connectivity index is 1.48. The molecule has 1 saturated carbocycles. The SMILES string of the molecule is O=C(ON1C(=O)c2ccccc2C1=O)c1cc(C2CC2)nn1-c1ccccc1. The van der Waals surface area contributed by atoms with Crippen molar-refractivity contribution in [2.24, 2.45) is 0 Å². The molecule has 5 rings (SSSR count). The lowest BCUT2D eigenvalue weighted by Gasteiger charge is -2.13. The Morgan fingerprint density at radius 3 is 2.14 bits per heavy atom. The van der Waals surface area contributed by atoms with Crippen molar-refractivity contribution >= 4 is 17.8 Å². The summed E-state index contributed by atoms with van der Waals surface area (Å²) in [5, 5.41) is 5.06. The van der Waals surface area contributed by atoms with Gasteiger partial charge in [0, 0.05) is 5.92 Å². The zero-order valence-electron chi connectivity index (χ0n) is 14.7. The summed E-state index contributed by atoms with van der Waals surface area (Å²) in [5.74, 6) is -1.78. The number of fused-ring (bicyclic) bond motifs is 1. The van der Waals surface area contributed by atoms with Gasteiger partial charge in [0.25, 0.3) is 11.8 Å². The number of hydroxylamine groups is 2. The van der Waals surface area contributed by atoms with Gasteiger partial charge in [-0.1, -0.05) is 35.4 Å². The second kappa shape index (κ2) is 6.16. The molecule has 0 bridgehead atoms. The predicted molar refractivity (Wildman–Crippen MR) is 97.9 cm³/mol. The van der Waals surface area contributed by atoms with E-state index < -0.39 is 17.8 Å². The van der Waals surface area contributed by atoms with Gasteiger partial charge >= 0.3 is 5.97 Å². The molecule has 0 N–H and O–H groups in total. The first kappa shape index (κ1) is 16.4. The second-order valence-electron chi connectivity index (χ2n) is 6.81. The van der Waals surface area contributed by atoms with Gasteiger partial charge < -0.3 is 4.84 Å². The van der Waals surface area contributed by atoms with Crippen LogP contribution in [0, 0.1) is 0 Å². The van der Waals surface area contributed by atoms with E-state index in [9.17, 15) is 14.4 Å². The second-order valence-corrected chi connectivity index (χ2v) is 6.81. The van der Waals surface area contributed by atoms with E-state index in [-0.39, 0.29) is 16.8 Å². The molecule has 0 unspecified atom stereocenters. The van der Waals surface area contributed by atoms with Gasteiger partial charge in [-0.25, -0.2) is 9.48 Å². The highest BCUT2D eigenvalue weighted by molar-refractivity contribution is 6.21. The van der Waals surface area contributed by atoms with Crippen molar-refractivity contribution in [3.05, 3.63) is 83.2 Å². The van der Waals surface area contributed by atoms with Crippen LogP contribution in [0.5, 0.6) is 0 Å². The molecular formula is C21H15N3O4. The molecule has 28 heavy (non-hydrogen) atoms. The zero-order valence-corrected chi connectivity index (χ0v) is 14.7. The van der Waals surface area contributed by atoms with Crippen molar-refractivity contribution in [1.82, 2.24) is 14.8 Å². The predicted octanol–water partition coefficient (Wildman–Crippen LogP) is 3.12. The van der Waals surface area contributed by atoms with E-state index in [1.165, 1.54) is 16.8 Å². The van der Waals surface area contributed by atoms with Gasteiger partial charge in [-0.05, 0) is 43.2 Å². The molecule has 2 heterocycles. The maximum Gasteiger partial charge on any atom is 0.382 e. The lowest BCUT2D eigenvalue weighted by Crippen LogP contribution is -2.33. The van der Waals surface area contributed by atoms with Crippen molar-refractivity contribution in [2.45, 2.75) is 18.8 Å². The van der Waals surface area contributed by atoms with Crippen LogP contribution in [0.4, 0.5) is 0 Å². The summed E-state index contributed by atoms with van der Waals surface area (Å²) in [6.07, 6.45) is 2.05. The van der Waals surface area contributed by atoms with E-state index in [1.807, 2.05) is 30.3 Å². The fourth-order valence-corrected chi connectivity index (χ4v) is 3.27. The Morgan fingerprint density at radius 1 is 0.929 bits per heavy atom. The smallest absolute Gasteiger partial charge is 0.323 e. The molecule has 1 fully saturated rings. The van der Waals surface area contributed by atoms with E-state index in [0.717, 1.165) is 18.5 Å². The molecule has 0 atom stereocenters. The van der Waals surface area contributed by atoms with Crippen molar-refractivity contribution in [3.63, 3.8) is 0 Å². The topological polar surface area (TPSA) is 81.5 Å². The van der Waals surface area contributed by atoms with Gasteiger partial charge in [-0.3, -0.25) is 9.59 Å². The third kappa shape index (κ3) is 2.60. The Labute approximate surface area is 160 Å². The molecule has 7 nitrogen and oxygen atoms in total. The fourth-order valence-electron chi connectivity index (χ4n) is 3.27. The molecule has 1 aliphatic carbocycles. The Morgan fingerprint density at radius 2 is 1.54 bits per heavy atom. The van der Waals surface area contributed by atoms with Gasteiger partial charge in [0.2, 0.25) is 0 Å². The summed E-state index contributed by atoms with van der Waals surface area (Å²) in [6, 6.07) is 17.2. The minimum Gasteiger partial charge on any atom is -0.323 e. The number of carbonyl (C=O) groups is 3. The molecular weight excluding hydrogens is 358 g/mol. The average molecular weight is 373 g/mol. The summed E-state index contributed by atoms with van der Waals surface area (Å²) in [5.41, 5.74) is 2.11. The highest BCUT2D eigenvalue weighted by Gasteiger charge is 2.39. The summed E-state index contributed by atoms with van der Waals surface area (Å²) >= 11 is 0. The van der Waals surface area contributed by atoms with Crippen LogP contribution in [0.3, 0.4) is 0 Å². The summed E-state index contributed by atoms with van der Waals surface area (Å²) < 4.78 is 1.49. The van der Waals surface area contributed by atoms with Gasteiger partial charge in [-0.2, -0.15) is 5.10 Å². The zero-order chi connectivity index (χ0) is 19.3. The number of hydrogen-bond acceptors (Lipinski definition) is 5. The number of aromatic nitrogens is 2. The minimum atomic E-state index is -0.808. The molecule has 2 aromatic carbocycles. The van der Waals surface area contributed by atoms with Crippen molar-refractivity contribution in [1.29, 1.82) is 0 Å². The van der Waals surface area contributed by atoms with E-state index >= 15 is 0 Å². The first-order chi connectivity index (χ1) is 13.6. The summed E-state index contributed by atoms with van der Waals surface area (Å²) in [4.78, 5) is 43.0. The van der Waals surface area contributed by atoms with E-state index in [0.29, 0.717) is 16.7 Å². The first-order valence-corrected chi connectivity index (χ1v) is 8.99. The lowest BCUT2D eigenvalue weighted by molar-refractivity contribution is -0.0590. The van der Waals surface area contributed by atoms with Crippen LogP contribution in [-0.2, 0) is 4.84 Å². The summed E-state index contributed by atoms with van der Waals surface area (Å²) in [6.45, 7) is 0. The van der Waals surface area contributed by atoms with E-state index in [4.69, 9.17) is 4.84 Å². The third-order valence-corrected chi connectivity index (χ3v) is 4.86. The normalized spacial score (nSPS) is 15.6. The number of imide groups is 1. The number of rotatable bonds is 4. The quantitative estimate of drug-likeness (QED) is 0.657. The standard InChI is InChI=1S/C21H15N3O4/c25-19-15-8-4-5-9-16(15)20(26)24(19)28-21(27)18-12-17(13-10-11-13)22-23(18)14-6-2-1-3-7-14/h1-9,12-13H,10-11H2. The maximum absolute atomic E-state index is 12.9. The molecule has 0 spiro atoms. The van der Waals surface area contributed by atoms with E-state index in [2.05, 4.69) is 5.10 Å². The lowest BCUT2D eigenvalue weighted by atomic mass is 10.1. The van der Waals surface area contributed by atoms with Crippen molar-refractivity contribution in [3.8, 4) is 5.69 Å². The molecule has 0 radical (unpaired) electrons. The number of hydrogen-bond donors (Lipinski definition) is 0. The third-order valence-electron chi connectivity index (χ3n) is 4.86. The monoisotopic (exact) mass is 373 g/mol. The van der Waals surface area contributed by atoms with Gasteiger partial charge in [0.15, 0.2) is 5.69 Å². The molecule has 3 aromatic rings. The van der Waals surface area contributed by atoms with Crippen LogP contribution in [0.1, 0.15) is 55.7 Å². The number of amides is 2. The maximum atomic E-state index is 12.9. The molecule has 2 amide bonds. The van der Waals surface area contributed by atoms with Crippen LogP contribution < -0.4 is 0 Å². The van der Waals surface area contributed by atoms with Gasteiger partial charge in [-0.15, -0.1) is 0 Å². The highest BCUT2D eigenvalue weighted by Crippen LogP contribution is 2.40. The van der Waals surface area contributed by atoms with Crippen LogP contribution >= 0.6 is 0 Å². The van der Waals surface area contributed by atoms with Crippen LogP contribution in [0.2, 0.25) is 0 Å². The number of para-hydroxylation sites is 1. The van der Waals surface area contributed by atoms with Crippen LogP contribution in [0.25, 0.3) is 5.69 Å². The minimum absolute atomic E-state index is 0.171. The number of benzene rings is 2. The van der Waals surface area contributed by atoms with Crippen LogP contribution in [0.15, 0.2) is 60.7 Å². The van der Waals surface area contributed by atoms with Gasteiger partial charge in [0.05, 0.1) is 22.5 Å². The molecule has 1 aromatic heterocycles. The average Bonchev–Trinajstić information content (AvgIpc) is 3.44. The molecule has 7 heteroatoms. The molecule has 2 aliphatic rings. The fraction of sp³-hybridized carbons (Fsp3) is 0.143. The Hall–Kier alpha value is -3.74. The molecule has 0 saturated heterocycles. The van der Waals surface area contributed by atoms with Crippen molar-refractivity contribution in [2.75, 3.05) is 0 Å². The Bertz CT molecular complexity index is 1080. The number of nitrogens with zero attached hydrogens (tertiary/aromatic N) is 3. The largest absolute Gasteiger partial charge is 0.382 e. The van der Waals surface area contributed by atoms with Gasteiger partial charge in [0.1, 0.15) is 0 Å². The first-order valence-electron chi connectivity index (χ1n) is 8.99. The van der Waals surface area contributed by atoms with Crippen molar-refractivity contribution < 1.29 is 19.2 Å². The Kier molecular flexibility index (Phi) is 3.61.